The van der Waals surface area contributed by atoms with Gasteiger partial charge in [-0.1, -0.05) is 12.1 Å². The van der Waals surface area contributed by atoms with E-state index in [1.54, 1.807) is 25.1 Å². The second kappa shape index (κ2) is 8.72. The number of morpholine rings is 1. The zero-order chi connectivity index (χ0) is 20.1. The Hall–Kier alpha value is -2.42. The van der Waals surface area contributed by atoms with Gasteiger partial charge in [0.05, 0.1) is 18.1 Å². The number of nitrogens with one attached hydrogen (secondary N) is 1. The number of benzene rings is 2. The maximum absolute atomic E-state index is 12.6. The number of carbonyl (C=O) groups excluding carboxylic acids is 1. The van der Waals surface area contributed by atoms with Crippen molar-refractivity contribution >= 4 is 21.6 Å². The van der Waals surface area contributed by atoms with Crippen molar-refractivity contribution < 1.29 is 22.7 Å². The van der Waals surface area contributed by atoms with Gasteiger partial charge < -0.3 is 14.8 Å². The molecule has 3 rings (SSSR count). The van der Waals surface area contributed by atoms with Crippen LogP contribution in [0.3, 0.4) is 0 Å². The molecule has 0 spiro atoms. The fourth-order valence-corrected chi connectivity index (χ4v) is 4.24. The van der Waals surface area contributed by atoms with E-state index in [1.165, 1.54) is 16.4 Å². The molecule has 28 heavy (non-hydrogen) atoms. The van der Waals surface area contributed by atoms with Crippen LogP contribution >= 0.6 is 0 Å². The largest absolute Gasteiger partial charge is 0.481 e. The Labute approximate surface area is 165 Å². The van der Waals surface area contributed by atoms with Crippen LogP contribution in [0.15, 0.2) is 53.4 Å². The molecule has 1 atom stereocenters. The summed E-state index contributed by atoms with van der Waals surface area (Å²) in [7, 11) is -3.55. The van der Waals surface area contributed by atoms with E-state index in [-0.39, 0.29) is 10.8 Å². The van der Waals surface area contributed by atoms with Crippen molar-refractivity contribution in [2.75, 3.05) is 31.6 Å². The van der Waals surface area contributed by atoms with Gasteiger partial charge >= 0.3 is 0 Å². The summed E-state index contributed by atoms with van der Waals surface area (Å²) in [5.41, 5.74) is 1.55. The Morgan fingerprint density at radius 3 is 2.46 bits per heavy atom. The zero-order valence-electron chi connectivity index (χ0n) is 15.9. The lowest BCUT2D eigenvalue weighted by Gasteiger charge is -2.26. The standard InChI is InChI=1S/C20H24N2O5S/c1-15-4-3-5-18(14-15)27-16(2)20(23)21-17-6-8-19(9-7-17)28(24,25)22-10-12-26-13-11-22/h3-9,14,16H,10-13H2,1-2H3,(H,21,23)/t16-/m1/s1. The first-order valence-corrected chi connectivity index (χ1v) is 10.5. The molecule has 1 fully saturated rings. The second-order valence-corrected chi connectivity index (χ2v) is 8.54. The van der Waals surface area contributed by atoms with Crippen molar-refractivity contribution in [2.45, 2.75) is 24.8 Å². The van der Waals surface area contributed by atoms with Crippen molar-refractivity contribution in [3.05, 3.63) is 54.1 Å². The number of hydrogen-bond acceptors (Lipinski definition) is 5. The SMILES string of the molecule is Cc1cccc(O[C@H](C)C(=O)Nc2ccc(S(=O)(=O)N3CCOCC3)cc2)c1. The number of carbonyl (C=O) groups is 1. The van der Waals surface area contributed by atoms with Crippen molar-refractivity contribution in [3.8, 4) is 5.75 Å². The maximum Gasteiger partial charge on any atom is 0.265 e. The van der Waals surface area contributed by atoms with E-state index in [1.807, 2.05) is 25.1 Å². The van der Waals surface area contributed by atoms with Gasteiger partial charge in [0.25, 0.3) is 5.91 Å². The predicted molar refractivity (Wildman–Crippen MR) is 106 cm³/mol. The molecule has 0 radical (unpaired) electrons. The third kappa shape index (κ3) is 4.89. The van der Waals surface area contributed by atoms with E-state index in [9.17, 15) is 13.2 Å². The summed E-state index contributed by atoms with van der Waals surface area (Å²) < 4.78 is 37.5. The average molecular weight is 404 g/mol. The summed E-state index contributed by atoms with van der Waals surface area (Å²) >= 11 is 0. The minimum absolute atomic E-state index is 0.191. The van der Waals surface area contributed by atoms with Crippen LogP contribution in [0.5, 0.6) is 5.75 Å². The maximum atomic E-state index is 12.6. The van der Waals surface area contributed by atoms with Gasteiger partial charge in [-0.3, -0.25) is 4.79 Å². The van der Waals surface area contributed by atoms with Crippen molar-refractivity contribution in [1.82, 2.24) is 4.31 Å². The van der Waals surface area contributed by atoms with Crippen LogP contribution in [0.25, 0.3) is 0 Å². The van der Waals surface area contributed by atoms with E-state index < -0.39 is 16.1 Å². The molecule has 1 N–H and O–H groups in total. The van der Waals surface area contributed by atoms with Gasteiger partial charge in [0.2, 0.25) is 10.0 Å². The van der Waals surface area contributed by atoms with Crippen LogP contribution in [0.1, 0.15) is 12.5 Å². The summed E-state index contributed by atoms with van der Waals surface area (Å²) in [5.74, 6) is 0.305. The number of aryl methyl sites for hydroxylation is 1. The molecule has 8 heteroatoms. The number of anilines is 1. The molecular formula is C20H24N2O5S. The summed E-state index contributed by atoms with van der Waals surface area (Å²) in [6, 6.07) is 13.6. The summed E-state index contributed by atoms with van der Waals surface area (Å²) in [6.45, 7) is 5.08. The van der Waals surface area contributed by atoms with Crippen molar-refractivity contribution in [3.63, 3.8) is 0 Å². The van der Waals surface area contributed by atoms with Crippen LogP contribution in [-0.2, 0) is 19.6 Å². The van der Waals surface area contributed by atoms with Gasteiger partial charge in [-0.05, 0) is 55.8 Å². The first kappa shape index (κ1) is 20.3. The Morgan fingerprint density at radius 1 is 1.14 bits per heavy atom. The van der Waals surface area contributed by atoms with Crippen LogP contribution in [0.2, 0.25) is 0 Å². The fraction of sp³-hybridized carbons (Fsp3) is 0.350. The number of amides is 1. The van der Waals surface area contributed by atoms with Gasteiger partial charge in [0.15, 0.2) is 6.10 Å². The molecule has 0 unspecified atom stereocenters. The molecule has 1 heterocycles. The highest BCUT2D eigenvalue weighted by molar-refractivity contribution is 7.89. The van der Waals surface area contributed by atoms with Crippen molar-refractivity contribution in [1.29, 1.82) is 0 Å². The highest BCUT2D eigenvalue weighted by Crippen LogP contribution is 2.20. The topological polar surface area (TPSA) is 84.9 Å². The number of hydrogen-bond donors (Lipinski definition) is 1. The molecular weight excluding hydrogens is 380 g/mol. The third-order valence-electron chi connectivity index (χ3n) is 4.40. The minimum atomic E-state index is -3.55. The van der Waals surface area contributed by atoms with E-state index in [4.69, 9.17) is 9.47 Å². The van der Waals surface area contributed by atoms with Crippen molar-refractivity contribution in [2.24, 2.45) is 0 Å². The quantitative estimate of drug-likeness (QED) is 0.799. The molecule has 150 valence electrons. The Morgan fingerprint density at radius 2 is 1.82 bits per heavy atom. The van der Waals surface area contributed by atoms with Gasteiger partial charge in [-0.25, -0.2) is 8.42 Å². The number of sulfonamides is 1. The molecule has 0 aliphatic carbocycles. The summed E-state index contributed by atoms with van der Waals surface area (Å²) in [6.07, 6.45) is -0.696. The molecule has 1 saturated heterocycles. The summed E-state index contributed by atoms with van der Waals surface area (Å²) in [4.78, 5) is 12.5. The Balaban J connectivity index is 1.62. The van der Waals surface area contributed by atoms with Gasteiger partial charge in [0, 0.05) is 18.8 Å². The normalized spacial score (nSPS) is 16.4. The lowest BCUT2D eigenvalue weighted by Crippen LogP contribution is -2.40. The smallest absolute Gasteiger partial charge is 0.265 e. The molecule has 0 bridgehead atoms. The summed E-state index contributed by atoms with van der Waals surface area (Å²) in [5, 5.41) is 2.74. The van der Waals surface area contributed by atoms with Crippen LogP contribution < -0.4 is 10.1 Å². The highest BCUT2D eigenvalue weighted by atomic mass is 32.2. The van der Waals surface area contributed by atoms with Crippen LogP contribution in [-0.4, -0.2) is 51.0 Å². The van der Waals surface area contributed by atoms with Gasteiger partial charge in [0.1, 0.15) is 5.75 Å². The van der Waals surface area contributed by atoms with Gasteiger partial charge in [-0.2, -0.15) is 4.31 Å². The molecule has 2 aromatic rings. The van der Waals surface area contributed by atoms with E-state index >= 15 is 0 Å². The van der Waals surface area contributed by atoms with Crippen LogP contribution in [0.4, 0.5) is 5.69 Å². The zero-order valence-corrected chi connectivity index (χ0v) is 16.7. The number of nitrogens with zero attached hydrogens (tertiary/aromatic N) is 1. The van der Waals surface area contributed by atoms with E-state index in [0.29, 0.717) is 37.7 Å². The Bertz CT molecular complexity index is 922. The average Bonchev–Trinajstić information content (AvgIpc) is 2.69. The molecule has 7 nitrogen and oxygen atoms in total. The van der Waals surface area contributed by atoms with Crippen LogP contribution in [0, 0.1) is 6.92 Å². The van der Waals surface area contributed by atoms with Gasteiger partial charge in [-0.15, -0.1) is 0 Å². The first-order chi connectivity index (χ1) is 13.4. The molecule has 2 aromatic carbocycles. The monoisotopic (exact) mass is 404 g/mol. The Kier molecular flexibility index (Phi) is 6.33. The lowest BCUT2D eigenvalue weighted by atomic mass is 10.2. The van der Waals surface area contributed by atoms with E-state index in [0.717, 1.165) is 5.56 Å². The predicted octanol–water partition coefficient (Wildman–Crippen LogP) is 2.42. The molecule has 1 aliphatic heterocycles. The third-order valence-corrected chi connectivity index (χ3v) is 6.31. The highest BCUT2D eigenvalue weighted by Gasteiger charge is 2.26. The molecule has 0 saturated carbocycles. The van der Waals surface area contributed by atoms with E-state index in [2.05, 4.69) is 5.32 Å². The first-order valence-electron chi connectivity index (χ1n) is 9.08. The lowest BCUT2D eigenvalue weighted by molar-refractivity contribution is -0.122. The molecule has 1 amide bonds. The molecule has 1 aliphatic rings. The second-order valence-electron chi connectivity index (χ2n) is 6.61. The molecule has 0 aromatic heterocycles. The minimum Gasteiger partial charge on any atom is -0.481 e. The fourth-order valence-electron chi connectivity index (χ4n) is 2.84. The number of rotatable bonds is 6. The number of ether oxygens (including phenoxy) is 2.